The summed E-state index contributed by atoms with van der Waals surface area (Å²) in [6.07, 6.45) is 0.329. The number of hydrogen-bond acceptors (Lipinski definition) is 5. The summed E-state index contributed by atoms with van der Waals surface area (Å²) >= 11 is 12.1. The molecule has 0 N–H and O–H groups in total. The van der Waals surface area contributed by atoms with Gasteiger partial charge in [0.1, 0.15) is 5.82 Å². The van der Waals surface area contributed by atoms with E-state index in [2.05, 4.69) is 0 Å². The fourth-order valence-corrected chi connectivity index (χ4v) is 3.92. The van der Waals surface area contributed by atoms with Crippen molar-refractivity contribution in [1.29, 1.82) is 0 Å². The van der Waals surface area contributed by atoms with Gasteiger partial charge in [-0.1, -0.05) is 50.9 Å². The summed E-state index contributed by atoms with van der Waals surface area (Å²) in [7, 11) is -3.91. The number of nitrogens with zero attached hydrogens (tertiary/aromatic N) is 1. The smallest absolute Gasteiger partial charge is 0.410 e. The monoisotopic (exact) mass is 425 g/mol. The van der Waals surface area contributed by atoms with Gasteiger partial charge in [0, 0.05) is 11.5 Å². The Morgan fingerprint density at radius 3 is 2.38 bits per heavy atom. The van der Waals surface area contributed by atoms with Gasteiger partial charge in [-0.15, -0.1) is 0 Å². The zero-order chi connectivity index (χ0) is 19.9. The largest absolute Gasteiger partial charge is 0.425 e. The molecule has 10 heteroatoms. The van der Waals surface area contributed by atoms with Crippen LogP contribution in [0.15, 0.2) is 21.3 Å². The van der Waals surface area contributed by atoms with Crippen LogP contribution in [-0.2, 0) is 15.5 Å². The second-order valence-electron chi connectivity index (χ2n) is 6.65. The third-order valence-electron chi connectivity index (χ3n) is 3.35. The minimum absolute atomic E-state index is 0.119. The van der Waals surface area contributed by atoms with Crippen LogP contribution >= 0.6 is 23.2 Å². The van der Waals surface area contributed by atoms with Crippen LogP contribution in [0.25, 0.3) is 5.69 Å². The van der Waals surface area contributed by atoms with Gasteiger partial charge in [-0.2, -0.15) is 8.42 Å². The molecule has 1 aromatic heterocycles. The van der Waals surface area contributed by atoms with Gasteiger partial charge < -0.3 is 8.60 Å². The number of aromatic nitrogens is 1. The van der Waals surface area contributed by atoms with E-state index in [1.165, 1.54) is 0 Å². The summed E-state index contributed by atoms with van der Waals surface area (Å²) in [6.45, 7) is 6.97. The highest BCUT2D eigenvalue weighted by atomic mass is 35.5. The quantitative estimate of drug-likeness (QED) is 0.667. The lowest BCUT2D eigenvalue weighted by molar-refractivity contribution is 0.385. The summed E-state index contributed by atoms with van der Waals surface area (Å²) in [6, 6.07) is 1.85. The van der Waals surface area contributed by atoms with Crippen LogP contribution < -0.4 is 9.94 Å². The molecule has 0 amide bonds. The maximum atomic E-state index is 14.4. The molecule has 0 unspecified atom stereocenters. The first-order valence-electron chi connectivity index (χ1n) is 7.70. The first-order valence-corrected chi connectivity index (χ1v) is 10.0. The zero-order valence-corrected chi connectivity index (χ0v) is 16.9. The average Bonchev–Trinajstić information content (AvgIpc) is 2.77. The van der Waals surface area contributed by atoms with E-state index < -0.39 is 27.1 Å². The first kappa shape index (κ1) is 20.8. The van der Waals surface area contributed by atoms with Crippen LogP contribution in [0.4, 0.5) is 4.39 Å². The van der Waals surface area contributed by atoms with Crippen LogP contribution in [0.3, 0.4) is 0 Å². The van der Waals surface area contributed by atoms with Gasteiger partial charge >= 0.3 is 15.9 Å². The van der Waals surface area contributed by atoms with Crippen molar-refractivity contribution in [3.63, 3.8) is 0 Å². The van der Waals surface area contributed by atoms with Crippen LogP contribution in [0.2, 0.25) is 10.2 Å². The fourth-order valence-electron chi connectivity index (χ4n) is 2.21. The lowest BCUT2D eigenvalue weighted by atomic mass is 9.94. The van der Waals surface area contributed by atoms with Gasteiger partial charge in [0.05, 0.1) is 16.5 Å². The summed E-state index contributed by atoms with van der Waals surface area (Å²) in [5, 5.41) is -0.374. The molecule has 0 atom stereocenters. The molecule has 0 aliphatic heterocycles. The Morgan fingerprint density at radius 2 is 1.88 bits per heavy atom. The molecule has 1 heterocycles. The standard InChI is InChI=1S/C16H18Cl2FNO5S/c1-5-6-26(22,23)25-12-8-11(10(19)7-9(12)17)20-14(18)13(16(2,3)4)24-15(20)21/h7-8H,5-6H2,1-4H3. The molecule has 26 heavy (non-hydrogen) atoms. The van der Waals surface area contributed by atoms with E-state index in [9.17, 15) is 17.6 Å². The van der Waals surface area contributed by atoms with Gasteiger partial charge in [-0.25, -0.2) is 13.8 Å². The Hall–Kier alpha value is -1.51. The van der Waals surface area contributed by atoms with Crippen LogP contribution in [0.5, 0.6) is 5.75 Å². The molecule has 0 fully saturated rings. The lowest BCUT2D eigenvalue weighted by Gasteiger charge is -2.15. The highest BCUT2D eigenvalue weighted by Gasteiger charge is 2.28. The number of oxazole rings is 1. The van der Waals surface area contributed by atoms with Crippen LogP contribution in [0.1, 0.15) is 39.9 Å². The minimum atomic E-state index is -3.91. The van der Waals surface area contributed by atoms with E-state index >= 15 is 0 Å². The zero-order valence-electron chi connectivity index (χ0n) is 14.6. The normalized spacial score (nSPS) is 12.4. The predicted octanol–water partition coefficient (Wildman–Crippen LogP) is 4.29. The van der Waals surface area contributed by atoms with Crippen LogP contribution in [-0.4, -0.2) is 18.7 Å². The Bertz CT molecular complexity index is 989. The highest BCUT2D eigenvalue weighted by molar-refractivity contribution is 7.87. The Morgan fingerprint density at radius 1 is 1.27 bits per heavy atom. The molecule has 1 aromatic carbocycles. The van der Waals surface area contributed by atoms with Gasteiger partial charge in [0.25, 0.3) is 0 Å². The topological polar surface area (TPSA) is 78.5 Å². The van der Waals surface area contributed by atoms with Gasteiger partial charge in [0.15, 0.2) is 16.7 Å². The maximum absolute atomic E-state index is 14.4. The Balaban J connectivity index is 2.64. The molecule has 0 bridgehead atoms. The minimum Gasteiger partial charge on any atom is -0.410 e. The Kier molecular flexibility index (Phi) is 5.80. The molecule has 0 aliphatic rings. The molecule has 2 rings (SSSR count). The molecule has 0 saturated carbocycles. The van der Waals surface area contributed by atoms with Crippen molar-refractivity contribution in [2.75, 3.05) is 5.75 Å². The van der Waals surface area contributed by atoms with Crippen LogP contribution in [0, 0.1) is 5.82 Å². The molecule has 0 radical (unpaired) electrons. The summed E-state index contributed by atoms with van der Waals surface area (Å²) in [5.41, 5.74) is -0.931. The van der Waals surface area contributed by atoms with E-state index in [1.54, 1.807) is 27.7 Å². The predicted molar refractivity (Wildman–Crippen MR) is 97.7 cm³/mol. The second-order valence-corrected chi connectivity index (χ2v) is 9.11. The SMILES string of the molecule is CCCS(=O)(=O)Oc1cc(-n2c(Cl)c(C(C)(C)C)oc2=O)c(F)cc1Cl. The van der Waals surface area contributed by atoms with Crippen molar-refractivity contribution < 1.29 is 21.4 Å². The van der Waals surface area contributed by atoms with Crippen molar-refractivity contribution in [2.24, 2.45) is 0 Å². The summed E-state index contributed by atoms with van der Waals surface area (Å²) < 4.78 is 49.0. The van der Waals surface area contributed by atoms with E-state index in [-0.39, 0.29) is 33.1 Å². The molecule has 0 aliphatic carbocycles. The third-order valence-corrected chi connectivity index (χ3v) is 5.33. The van der Waals surface area contributed by atoms with E-state index in [0.29, 0.717) is 6.42 Å². The molecule has 0 spiro atoms. The van der Waals surface area contributed by atoms with Crippen molar-refractivity contribution in [2.45, 2.75) is 39.5 Å². The van der Waals surface area contributed by atoms with E-state index in [4.69, 9.17) is 31.8 Å². The molecular formula is C16H18Cl2FNO5S. The summed E-state index contributed by atoms with van der Waals surface area (Å²) in [4.78, 5) is 12.2. The van der Waals surface area contributed by atoms with Gasteiger partial charge in [0.2, 0.25) is 0 Å². The Labute approximate surface area is 160 Å². The van der Waals surface area contributed by atoms with E-state index in [1.807, 2.05) is 0 Å². The number of hydrogen-bond donors (Lipinski definition) is 0. The molecular weight excluding hydrogens is 408 g/mol. The van der Waals surface area contributed by atoms with Gasteiger partial charge in [-0.05, 0) is 12.5 Å². The van der Waals surface area contributed by atoms with Gasteiger partial charge in [-0.3, -0.25) is 0 Å². The van der Waals surface area contributed by atoms with E-state index in [0.717, 1.165) is 16.7 Å². The summed E-state index contributed by atoms with van der Waals surface area (Å²) in [5.74, 6) is -2.18. The average molecular weight is 426 g/mol. The molecule has 2 aromatic rings. The van der Waals surface area contributed by atoms with Crippen molar-refractivity contribution >= 4 is 33.3 Å². The maximum Gasteiger partial charge on any atom is 0.425 e. The molecule has 144 valence electrons. The number of halogens is 3. The van der Waals surface area contributed by atoms with Crippen molar-refractivity contribution in [3.8, 4) is 11.4 Å². The lowest BCUT2D eigenvalue weighted by Crippen LogP contribution is -2.16. The van der Waals surface area contributed by atoms with Crippen molar-refractivity contribution in [3.05, 3.63) is 44.4 Å². The highest BCUT2D eigenvalue weighted by Crippen LogP contribution is 2.34. The number of benzene rings is 1. The first-order chi connectivity index (χ1) is 11.9. The molecule has 0 saturated heterocycles. The second kappa shape index (κ2) is 7.25. The number of rotatable bonds is 5. The van der Waals surface area contributed by atoms with Crippen molar-refractivity contribution in [1.82, 2.24) is 4.57 Å². The fraction of sp³-hybridized carbons (Fsp3) is 0.438. The third kappa shape index (κ3) is 4.24. The molecule has 6 nitrogen and oxygen atoms in total.